The van der Waals surface area contributed by atoms with Gasteiger partial charge in [0.1, 0.15) is 5.75 Å². The van der Waals surface area contributed by atoms with Gasteiger partial charge in [-0.2, -0.15) is 0 Å². The number of rotatable bonds is 3. The Hall–Kier alpha value is -2.02. The smallest absolute Gasteiger partial charge is 0.312 e. The fourth-order valence-electron chi connectivity index (χ4n) is 1.39. The van der Waals surface area contributed by atoms with E-state index >= 15 is 0 Å². The molecule has 0 atom stereocenters. The van der Waals surface area contributed by atoms with E-state index in [-0.39, 0.29) is 17.2 Å². The molecule has 98 valence electrons. The molecule has 0 aromatic heterocycles. The van der Waals surface area contributed by atoms with E-state index in [9.17, 15) is 18.9 Å². The Morgan fingerprint density at radius 2 is 1.84 bits per heavy atom. The topological polar surface area (TPSA) is 52.4 Å². The van der Waals surface area contributed by atoms with Crippen LogP contribution in [0.1, 0.15) is 0 Å². The van der Waals surface area contributed by atoms with Gasteiger partial charge in [-0.1, -0.05) is 15.9 Å². The Balaban J connectivity index is 2.37. The molecule has 0 saturated carbocycles. The molecule has 0 N–H and O–H groups in total. The average molecular weight is 330 g/mol. The predicted molar refractivity (Wildman–Crippen MR) is 67.2 cm³/mol. The lowest BCUT2D eigenvalue weighted by Crippen LogP contribution is -1.94. The summed E-state index contributed by atoms with van der Waals surface area (Å²) < 4.78 is 31.5. The molecule has 0 aliphatic carbocycles. The van der Waals surface area contributed by atoms with Crippen LogP contribution in [0.4, 0.5) is 14.5 Å². The first-order chi connectivity index (χ1) is 8.97. The van der Waals surface area contributed by atoms with Crippen LogP contribution >= 0.6 is 15.9 Å². The van der Waals surface area contributed by atoms with Gasteiger partial charge in [-0.3, -0.25) is 10.1 Å². The molecule has 0 fully saturated rings. The number of nitro benzene ring substituents is 1. The molecule has 0 heterocycles. The first kappa shape index (κ1) is 13.4. The van der Waals surface area contributed by atoms with Gasteiger partial charge in [0, 0.05) is 16.6 Å². The van der Waals surface area contributed by atoms with Crippen LogP contribution in [0.5, 0.6) is 11.5 Å². The van der Waals surface area contributed by atoms with Crippen molar-refractivity contribution in [2.45, 2.75) is 0 Å². The maximum atomic E-state index is 13.0. The molecule has 2 rings (SSSR count). The summed E-state index contributed by atoms with van der Waals surface area (Å²) in [5.74, 6) is -2.18. The molecule has 0 aliphatic heterocycles. The van der Waals surface area contributed by atoms with Crippen molar-refractivity contribution < 1.29 is 18.4 Å². The summed E-state index contributed by atoms with van der Waals surface area (Å²) in [4.78, 5) is 10.2. The summed E-state index contributed by atoms with van der Waals surface area (Å²) in [6, 6.07) is 7.06. The van der Waals surface area contributed by atoms with Crippen LogP contribution in [-0.4, -0.2) is 4.92 Å². The summed E-state index contributed by atoms with van der Waals surface area (Å²) in [7, 11) is 0. The van der Waals surface area contributed by atoms with Gasteiger partial charge in [0.05, 0.1) is 4.92 Å². The largest absolute Gasteiger partial charge is 0.450 e. The zero-order chi connectivity index (χ0) is 14.0. The molecule has 19 heavy (non-hydrogen) atoms. The van der Waals surface area contributed by atoms with Crippen molar-refractivity contribution in [3.05, 3.63) is 62.6 Å². The molecule has 2 aromatic carbocycles. The minimum atomic E-state index is -1.09. The van der Waals surface area contributed by atoms with E-state index in [0.29, 0.717) is 4.47 Å². The number of nitro groups is 1. The van der Waals surface area contributed by atoms with E-state index < -0.39 is 16.6 Å². The molecule has 0 aliphatic rings. The second-order valence-corrected chi connectivity index (χ2v) is 4.46. The summed E-state index contributed by atoms with van der Waals surface area (Å²) in [5, 5.41) is 10.9. The van der Waals surface area contributed by atoms with Gasteiger partial charge in [-0.25, -0.2) is 8.78 Å². The fraction of sp³-hybridized carbons (Fsp3) is 0. The first-order valence-electron chi connectivity index (χ1n) is 5.04. The summed E-state index contributed by atoms with van der Waals surface area (Å²) in [6.07, 6.45) is 0. The Kier molecular flexibility index (Phi) is 3.75. The fourth-order valence-corrected chi connectivity index (χ4v) is 1.74. The monoisotopic (exact) mass is 329 g/mol. The van der Waals surface area contributed by atoms with Crippen LogP contribution < -0.4 is 4.74 Å². The highest BCUT2D eigenvalue weighted by atomic mass is 79.9. The van der Waals surface area contributed by atoms with Gasteiger partial charge >= 0.3 is 5.69 Å². The van der Waals surface area contributed by atoms with Crippen molar-refractivity contribution in [1.82, 2.24) is 0 Å². The maximum Gasteiger partial charge on any atom is 0.312 e. The third-order valence-corrected chi connectivity index (χ3v) is 2.73. The minimum Gasteiger partial charge on any atom is -0.450 e. The van der Waals surface area contributed by atoms with Crippen LogP contribution in [0, 0.1) is 21.7 Å². The van der Waals surface area contributed by atoms with Gasteiger partial charge in [0.2, 0.25) is 5.75 Å². The highest BCUT2D eigenvalue weighted by Crippen LogP contribution is 2.33. The third-order valence-electron chi connectivity index (χ3n) is 2.24. The van der Waals surface area contributed by atoms with Gasteiger partial charge in [0.15, 0.2) is 11.6 Å². The number of hydrogen-bond acceptors (Lipinski definition) is 3. The molecule has 0 bridgehead atoms. The van der Waals surface area contributed by atoms with Crippen molar-refractivity contribution >= 4 is 21.6 Å². The Morgan fingerprint density at radius 1 is 1.11 bits per heavy atom. The van der Waals surface area contributed by atoms with Gasteiger partial charge in [-0.15, -0.1) is 0 Å². The van der Waals surface area contributed by atoms with Crippen molar-refractivity contribution in [2.75, 3.05) is 0 Å². The SMILES string of the molecule is O=[N+]([O-])c1cc(Br)ccc1Oc1ccc(F)c(F)c1. The van der Waals surface area contributed by atoms with E-state index in [4.69, 9.17) is 4.74 Å². The highest BCUT2D eigenvalue weighted by molar-refractivity contribution is 9.10. The van der Waals surface area contributed by atoms with Gasteiger partial charge in [-0.05, 0) is 24.3 Å². The maximum absolute atomic E-state index is 13.0. The molecule has 4 nitrogen and oxygen atoms in total. The minimum absolute atomic E-state index is 0.0238. The normalized spacial score (nSPS) is 10.3. The molecule has 0 unspecified atom stereocenters. The number of benzene rings is 2. The lowest BCUT2D eigenvalue weighted by Gasteiger charge is -2.06. The first-order valence-corrected chi connectivity index (χ1v) is 5.83. The Labute approximate surface area is 114 Å². The Morgan fingerprint density at radius 3 is 2.47 bits per heavy atom. The summed E-state index contributed by atoms with van der Waals surface area (Å²) in [5.41, 5.74) is -0.279. The van der Waals surface area contributed by atoms with Crippen LogP contribution in [0.25, 0.3) is 0 Å². The average Bonchev–Trinajstić information content (AvgIpc) is 2.36. The van der Waals surface area contributed by atoms with E-state index in [1.165, 1.54) is 18.2 Å². The standard InChI is InChI=1S/C12H6BrF2NO3/c13-7-1-4-12(11(5-7)16(17)18)19-8-2-3-9(14)10(15)6-8/h1-6H. The number of nitrogens with zero attached hydrogens (tertiary/aromatic N) is 1. The quantitative estimate of drug-likeness (QED) is 0.618. The zero-order valence-corrected chi connectivity index (χ0v) is 10.9. The van der Waals surface area contributed by atoms with E-state index in [2.05, 4.69) is 15.9 Å². The molecule has 0 amide bonds. The second-order valence-electron chi connectivity index (χ2n) is 3.55. The van der Waals surface area contributed by atoms with Crippen molar-refractivity contribution in [3.8, 4) is 11.5 Å². The molecule has 0 radical (unpaired) electrons. The van der Waals surface area contributed by atoms with Crippen molar-refractivity contribution in [2.24, 2.45) is 0 Å². The molecule has 0 spiro atoms. The second kappa shape index (κ2) is 5.31. The van der Waals surface area contributed by atoms with Crippen LogP contribution in [0.2, 0.25) is 0 Å². The lowest BCUT2D eigenvalue weighted by atomic mass is 10.3. The highest BCUT2D eigenvalue weighted by Gasteiger charge is 2.16. The predicted octanol–water partition coefficient (Wildman–Crippen LogP) is 4.43. The van der Waals surface area contributed by atoms with Gasteiger partial charge < -0.3 is 4.74 Å². The summed E-state index contributed by atoms with van der Waals surface area (Å²) >= 11 is 3.10. The Bertz CT molecular complexity index is 649. The molecular weight excluding hydrogens is 324 g/mol. The number of ether oxygens (including phenoxy) is 1. The van der Waals surface area contributed by atoms with Crippen molar-refractivity contribution in [3.63, 3.8) is 0 Å². The number of halogens is 3. The molecular formula is C12H6BrF2NO3. The van der Waals surface area contributed by atoms with Gasteiger partial charge in [0.25, 0.3) is 0 Å². The van der Waals surface area contributed by atoms with E-state index in [0.717, 1.165) is 12.1 Å². The van der Waals surface area contributed by atoms with Crippen molar-refractivity contribution in [1.29, 1.82) is 0 Å². The summed E-state index contributed by atoms with van der Waals surface area (Å²) in [6.45, 7) is 0. The van der Waals surface area contributed by atoms with E-state index in [1.54, 1.807) is 6.07 Å². The van der Waals surface area contributed by atoms with E-state index in [1.807, 2.05) is 0 Å². The molecule has 0 saturated heterocycles. The molecule has 7 heteroatoms. The molecule has 2 aromatic rings. The van der Waals surface area contributed by atoms with Crippen LogP contribution in [0.15, 0.2) is 40.9 Å². The zero-order valence-electron chi connectivity index (χ0n) is 9.27. The third kappa shape index (κ3) is 3.05. The lowest BCUT2D eigenvalue weighted by molar-refractivity contribution is -0.385. The number of hydrogen-bond donors (Lipinski definition) is 0. The van der Waals surface area contributed by atoms with Crippen LogP contribution in [-0.2, 0) is 0 Å². The van der Waals surface area contributed by atoms with Crippen LogP contribution in [0.3, 0.4) is 0 Å².